The zero-order chi connectivity index (χ0) is 15.8. The van der Waals surface area contributed by atoms with Gasteiger partial charge in [-0.1, -0.05) is 18.2 Å². The number of aliphatic hydroxyl groups is 1. The maximum Gasteiger partial charge on any atom is 0.209 e. The lowest BCUT2D eigenvalue weighted by molar-refractivity contribution is -0.127. The molecule has 1 N–H and O–H groups in total. The first-order valence-corrected chi connectivity index (χ1v) is 8.15. The molecule has 2 aliphatic carbocycles. The first kappa shape index (κ1) is 13.4. The summed E-state index contributed by atoms with van der Waals surface area (Å²) in [6, 6.07) is 4.17. The molecule has 2 heterocycles. The van der Waals surface area contributed by atoms with E-state index in [1.54, 1.807) is 7.11 Å². The smallest absolute Gasteiger partial charge is 0.209 e. The first-order chi connectivity index (χ1) is 11.2. The van der Waals surface area contributed by atoms with Crippen LogP contribution in [-0.2, 0) is 16.6 Å². The number of carbonyl (C=O) groups is 1. The quantitative estimate of drug-likeness (QED) is 0.654. The van der Waals surface area contributed by atoms with E-state index in [9.17, 15) is 9.90 Å². The van der Waals surface area contributed by atoms with Crippen LogP contribution in [0.25, 0.3) is 0 Å². The topological polar surface area (TPSA) is 59.0 Å². The summed E-state index contributed by atoms with van der Waals surface area (Å²) in [5.74, 6) is 1.71. The minimum absolute atomic E-state index is 0.142. The number of methoxy groups -OCH3 is 1. The third-order valence-corrected chi connectivity index (χ3v) is 6.26. The number of nitrogens with zero attached hydrogens (tertiary/aromatic N) is 1. The zero-order valence-electron chi connectivity index (χ0n) is 12.9. The molecule has 1 amide bonds. The molecule has 23 heavy (non-hydrogen) atoms. The van der Waals surface area contributed by atoms with Crippen molar-refractivity contribution in [1.82, 2.24) is 4.90 Å². The molecule has 2 bridgehead atoms. The fourth-order valence-electron chi connectivity index (χ4n) is 5.37. The Bertz CT molecular complexity index is 730. The van der Waals surface area contributed by atoms with Gasteiger partial charge in [0.1, 0.15) is 12.2 Å². The molecule has 4 aliphatic rings. The number of carbonyl (C=O) groups excluding carboxylic acids is 1. The summed E-state index contributed by atoms with van der Waals surface area (Å²) >= 11 is 0. The van der Waals surface area contributed by atoms with Crippen molar-refractivity contribution in [3.05, 3.63) is 35.4 Å². The molecule has 0 unspecified atom stereocenters. The van der Waals surface area contributed by atoms with Crippen LogP contribution in [0.15, 0.2) is 24.3 Å². The molecule has 5 heteroatoms. The van der Waals surface area contributed by atoms with Crippen LogP contribution in [0.4, 0.5) is 0 Å². The molecule has 5 rings (SSSR count). The van der Waals surface area contributed by atoms with Crippen LogP contribution in [0.5, 0.6) is 11.5 Å². The molecule has 0 radical (unpaired) electrons. The van der Waals surface area contributed by atoms with Gasteiger partial charge in [-0.25, -0.2) is 0 Å². The fraction of sp³-hybridized carbons (Fsp3) is 0.500. The number of benzene rings is 1. The maximum absolute atomic E-state index is 11.5. The van der Waals surface area contributed by atoms with Crippen molar-refractivity contribution >= 4 is 6.41 Å². The minimum atomic E-state index is -0.627. The first-order valence-electron chi connectivity index (χ1n) is 8.15. The van der Waals surface area contributed by atoms with Crippen molar-refractivity contribution in [3.8, 4) is 11.5 Å². The zero-order valence-corrected chi connectivity index (χ0v) is 12.9. The van der Waals surface area contributed by atoms with Crippen molar-refractivity contribution < 1.29 is 19.4 Å². The van der Waals surface area contributed by atoms with E-state index >= 15 is 0 Å². The van der Waals surface area contributed by atoms with Gasteiger partial charge in [-0.3, -0.25) is 4.79 Å². The van der Waals surface area contributed by atoms with Crippen LogP contribution in [0.1, 0.15) is 17.5 Å². The highest BCUT2D eigenvalue weighted by molar-refractivity contribution is 5.63. The van der Waals surface area contributed by atoms with Gasteiger partial charge in [-0.15, -0.1) is 0 Å². The minimum Gasteiger partial charge on any atom is -0.493 e. The van der Waals surface area contributed by atoms with Crippen molar-refractivity contribution in [1.29, 1.82) is 0 Å². The van der Waals surface area contributed by atoms with Crippen molar-refractivity contribution in [2.45, 2.75) is 36.5 Å². The molecular weight excluding hydrogens is 294 g/mol. The molecule has 1 saturated heterocycles. The Morgan fingerprint density at radius 2 is 2.30 bits per heavy atom. The van der Waals surface area contributed by atoms with Crippen LogP contribution in [-0.4, -0.2) is 48.3 Å². The van der Waals surface area contributed by atoms with Crippen molar-refractivity contribution in [2.24, 2.45) is 5.92 Å². The standard InChI is InChI=1S/C18H19NO4/c1-22-14-5-2-10-8-12-11-3-4-13(21)17-18(11,6-7-19(12)9-20)15(10)16(14)23-17/h2-5,9,11-13,17,21H,6-8H2,1H3/t11-,12+,13-,17+,18-/m0/s1. The van der Waals surface area contributed by atoms with Gasteiger partial charge in [0.15, 0.2) is 11.5 Å². The molecule has 120 valence electrons. The summed E-state index contributed by atoms with van der Waals surface area (Å²) in [5, 5.41) is 10.5. The van der Waals surface area contributed by atoms with Crippen LogP contribution in [0.3, 0.4) is 0 Å². The van der Waals surface area contributed by atoms with Gasteiger partial charge in [0.05, 0.1) is 7.11 Å². The van der Waals surface area contributed by atoms with Crippen LogP contribution >= 0.6 is 0 Å². The largest absolute Gasteiger partial charge is 0.493 e. The molecule has 0 aromatic heterocycles. The Morgan fingerprint density at radius 3 is 3.09 bits per heavy atom. The summed E-state index contributed by atoms with van der Waals surface area (Å²) in [6.45, 7) is 0.710. The summed E-state index contributed by atoms with van der Waals surface area (Å²) in [4.78, 5) is 13.4. The number of ether oxygens (including phenoxy) is 2. The van der Waals surface area contributed by atoms with E-state index in [1.165, 1.54) is 11.1 Å². The lowest BCUT2D eigenvalue weighted by atomic mass is 9.53. The molecule has 0 saturated carbocycles. The predicted molar refractivity (Wildman–Crippen MR) is 82.6 cm³/mol. The second kappa shape index (κ2) is 4.29. The normalized spacial score (nSPS) is 38.8. The predicted octanol–water partition coefficient (Wildman–Crippen LogP) is 1.03. The SMILES string of the molecule is COc1ccc2c3c1O[C@@H]1[C@@H](O)C=C[C@H]4[C@@H](C2)N(C=O)CC[C@]314. The lowest BCUT2D eigenvalue weighted by Crippen LogP contribution is -2.65. The van der Waals surface area contributed by atoms with E-state index in [1.807, 2.05) is 17.0 Å². The van der Waals surface area contributed by atoms with Gasteiger partial charge in [-0.05, 0) is 24.5 Å². The summed E-state index contributed by atoms with van der Waals surface area (Å²) in [6.07, 6.45) is 5.62. The highest BCUT2D eigenvalue weighted by Gasteiger charge is 2.64. The van der Waals surface area contributed by atoms with Crippen LogP contribution in [0.2, 0.25) is 0 Å². The van der Waals surface area contributed by atoms with Gasteiger partial charge in [0, 0.05) is 29.5 Å². The maximum atomic E-state index is 11.5. The Morgan fingerprint density at radius 1 is 1.43 bits per heavy atom. The molecule has 1 aromatic carbocycles. The number of amides is 1. The Labute approximate surface area is 134 Å². The Hall–Kier alpha value is -2.01. The molecule has 2 aliphatic heterocycles. The lowest BCUT2D eigenvalue weighted by Gasteiger charge is -2.56. The van der Waals surface area contributed by atoms with Gasteiger partial charge in [-0.2, -0.15) is 0 Å². The van der Waals surface area contributed by atoms with E-state index < -0.39 is 6.10 Å². The summed E-state index contributed by atoms with van der Waals surface area (Å²) in [5.41, 5.74) is 2.19. The molecule has 1 fully saturated rings. The molecular formula is C18H19NO4. The molecule has 1 spiro atoms. The highest BCUT2D eigenvalue weighted by Crippen LogP contribution is 2.62. The number of aliphatic hydroxyl groups excluding tert-OH is 1. The number of piperidine rings is 1. The van der Waals surface area contributed by atoms with Gasteiger partial charge >= 0.3 is 0 Å². The number of rotatable bonds is 2. The van der Waals surface area contributed by atoms with Gasteiger partial charge in [0.2, 0.25) is 6.41 Å². The number of hydrogen-bond donors (Lipinski definition) is 1. The fourth-order valence-corrected chi connectivity index (χ4v) is 5.37. The van der Waals surface area contributed by atoms with E-state index in [0.29, 0.717) is 6.54 Å². The van der Waals surface area contributed by atoms with Gasteiger partial charge < -0.3 is 19.5 Å². The molecule has 1 aromatic rings. The third kappa shape index (κ3) is 1.40. The Kier molecular flexibility index (Phi) is 2.51. The van der Waals surface area contributed by atoms with Crippen molar-refractivity contribution in [3.63, 3.8) is 0 Å². The van der Waals surface area contributed by atoms with Crippen molar-refractivity contribution in [2.75, 3.05) is 13.7 Å². The Balaban J connectivity index is 1.80. The van der Waals surface area contributed by atoms with E-state index in [2.05, 4.69) is 12.1 Å². The second-order valence-corrected chi connectivity index (χ2v) is 6.98. The third-order valence-electron chi connectivity index (χ3n) is 6.26. The molecule has 5 nitrogen and oxygen atoms in total. The number of hydrogen-bond acceptors (Lipinski definition) is 4. The van der Waals surface area contributed by atoms with Crippen LogP contribution < -0.4 is 9.47 Å². The van der Waals surface area contributed by atoms with Crippen LogP contribution in [0, 0.1) is 5.92 Å². The summed E-state index contributed by atoms with van der Waals surface area (Å²) in [7, 11) is 1.65. The van der Waals surface area contributed by atoms with E-state index in [0.717, 1.165) is 30.8 Å². The van der Waals surface area contributed by atoms with E-state index in [4.69, 9.17) is 9.47 Å². The van der Waals surface area contributed by atoms with Gasteiger partial charge in [0.25, 0.3) is 0 Å². The van der Waals surface area contributed by atoms with E-state index in [-0.39, 0.29) is 23.5 Å². The summed E-state index contributed by atoms with van der Waals surface area (Å²) < 4.78 is 11.7. The second-order valence-electron chi connectivity index (χ2n) is 6.98. The number of likely N-dealkylation sites (tertiary alicyclic amines) is 1. The monoisotopic (exact) mass is 313 g/mol. The highest BCUT2D eigenvalue weighted by atomic mass is 16.5. The molecule has 5 atom stereocenters. The average Bonchev–Trinajstić information content (AvgIpc) is 2.91. The average molecular weight is 313 g/mol.